The number of allylic oxidation sites excluding steroid dienone is 10. The third kappa shape index (κ3) is 31.5. The molecule has 0 radical (unpaired) electrons. The molecule has 0 aliphatic heterocycles. The number of ketones is 1. The molecule has 348 valence electrons. The maximum Gasteiger partial charge on any atom is 0.306 e. The second kappa shape index (κ2) is 34.5. The molecule has 1 aliphatic carbocycles. The molecule has 2 N–H and O–H groups in total. The Bertz CT molecular complexity index is 1430. The number of esters is 2. The van der Waals surface area contributed by atoms with Gasteiger partial charge in [-0.1, -0.05) is 119 Å². The largest absolute Gasteiger partial charge is 0.756 e. The Balaban J connectivity index is 2.55. The first-order valence-electron chi connectivity index (χ1n) is 22.7. The van der Waals surface area contributed by atoms with Gasteiger partial charge < -0.3 is 38.1 Å². The molecular weight excluding hydrogens is 797 g/mol. The molecule has 0 aromatic heterocycles. The molecule has 0 saturated heterocycles. The molecule has 0 heterocycles. The van der Waals surface area contributed by atoms with Gasteiger partial charge >= 0.3 is 11.9 Å². The number of quaternary nitrogens is 1. The molecule has 13 heteroatoms. The van der Waals surface area contributed by atoms with Crippen LogP contribution in [0.3, 0.4) is 0 Å². The van der Waals surface area contributed by atoms with Crippen LogP contribution in [0.1, 0.15) is 136 Å². The van der Waals surface area contributed by atoms with E-state index in [0.717, 1.165) is 44.9 Å². The van der Waals surface area contributed by atoms with Gasteiger partial charge in [0.25, 0.3) is 7.82 Å². The van der Waals surface area contributed by atoms with Gasteiger partial charge in [-0.15, -0.1) is 0 Å². The highest BCUT2D eigenvalue weighted by molar-refractivity contribution is 7.45. The molecule has 1 saturated carbocycles. The number of nitrogens with zero attached hydrogens (tertiary/aromatic N) is 1. The van der Waals surface area contributed by atoms with Crippen LogP contribution >= 0.6 is 7.82 Å². The van der Waals surface area contributed by atoms with Gasteiger partial charge in [-0.05, 0) is 70.6 Å². The first-order chi connectivity index (χ1) is 29.2. The van der Waals surface area contributed by atoms with E-state index in [9.17, 15) is 34.1 Å². The summed E-state index contributed by atoms with van der Waals surface area (Å²) in [6.07, 6.45) is 35.9. The third-order valence-electron chi connectivity index (χ3n) is 10.1. The number of ether oxygens (including phenoxy) is 2. The number of phosphoric ester groups is 1. The number of unbranched alkanes of at least 4 members (excludes halogenated alkanes) is 7. The average molecular weight is 878 g/mol. The van der Waals surface area contributed by atoms with Gasteiger partial charge in [-0.2, -0.15) is 0 Å². The summed E-state index contributed by atoms with van der Waals surface area (Å²) in [5, 5.41) is 20.7. The SMILES string of the molecule is CCCCC/C=C\C/C=C\C/C=C\C/C=C\CCCC(=O)OC[C@H](COP(=O)([O-])OCC[N+](C)(C)C)OC(=O)CCC/C=C\C[C@H]1C(=O)C[C@@H](O)[C@@H]1/C=C/[C@@H](O)CCCCC. The Hall–Kier alpha value is -2.96. The maximum atomic E-state index is 12.8. The standard InChI is InChI=1S/C48H80NO11P/c1-6-8-10-11-12-13-14-15-16-17-18-19-20-21-22-23-28-32-47(53)57-39-42(40-59-61(55,56)58-37-36-49(3,4)5)60-48(54)33-29-25-24-27-31-43-44(46(52)38-45(43)51)35-34-41(50)30-26-9-7-2/h12-13,15-16,18-19,21-22,24,27,34-35,41-44,46,50,52H,6-11,14,17,20,23,25-26,28-33,36-40H2,1-5H3/b13-12-,16-15-,19-18-,22-21-,27-24-,35-34+/t41-,42+,43+,44+,46+/m0/s1. The molecule has 1 rings (SSSR count). The lowest BCUT2D eigenvalue weighted by molar-refractivity contribution is -0.870. The number of hydrogen-bond donors (Lipinski definition) is 2. The van der Waals surface area contributed by atoms with E-state index in [0.29, 0.717) is 49.6 Å². The Kier molecular flexibility index (Phi) is 31.7. The van der Waals surface area contributed by atoms with Crippen molar-refractivity contribution in [1.82, 2.24) is 0 Å². The second-order valence-corrected chi connectivity index (χ2v) is 18.2. The van der Waals surface area contributed by atoms with Crippen LogP contribution in [-0.2, 0) is 37.5 Å². The predicted octanol–water partition coefficient (Wildman–Crippen LogP) is 8.98. The highest BCUT2D eigenvalue weighted by Crippen LogP contribution is 2.38. The summed E-state index contributed by atoms with van der Waals surface area (Å²) >= 11 is 0. The van der Waals surface area contributed by atoms with Crippen LogP contribution in [0, 0.1) is 11.8 Å². The van der Waals surface area contributed by atoms with Crippen molar-refractivity contribution < 1.29 is 57.1 Å². The summed E-state index contributed by atoms with van der Waals surface area (Å²) in [4.78, 5) is 50.3. The van der Waals surface area contributed by atoms with Gasteiger partial charge in [0.1, 0.15) is 25.5 Å². The summed E-state index contributed by atoms with van der Waals surface area (Å²) in [5.41, 5.74) is 0. The van der Waals surface area contributed by atoms with Crippen LogP contribution in [0.2, 0.25) is 0 Å². The number of Topliss-reactive ketones (excluding diaryl/α,β-unsaturated/α-hetero) is 1. The Morgan fingerprint density at radius 1 is 0.787 bits per heavy atom. The van der Waals surface area contributed by atoms with Crippen molar-refractivity contribution in [3.63, 3.8) is 0 Å². The van der Waals surface area contributed by atoms with E-state index >= 15 is 0 Å². The number of carbonyl (C=O) groups is 3. The summed E-state index contributed by atoms with van der Waals surface area (Å²) in [6.45, 7) is 3.69. The van der Waals surface area contributed by atoms with Crippen LogP contribution < -0.4 is 4.89 Å². The lowest BCUT2D eigenvalue weighted by Gasteiger charge is -2.28. The van der Waals surface area contributed by atoms with E-state index in [2.05, 4.69) is 56.4 Å². The van der Waals surface area contributed by atoms with Crippen LogP contribution in [0.4, 0.5) is 0 Å². The smallest absolute Gasteiger partial charge is 0.306 e. The van der Waals surface area contributed by atoms with Crippen molar-refractivity contribution in [3.8, 4) is 0 Å². The number of aliphatic hydroxyl groups excluding tert-OH is 2. The topological polar surface area (TPSA) is 169 Å². The molecule has 0 amide bonds. The molecule has 1 unspecified atom stereocenters. The van der Waals surface area contributed by atoms with Crippen LogP contribution in [0.15, 0.2) is 72.9 Å². The fraction of sp³-hybridized carbons (Fsp3) is 0.688. The van der Waals surface area contributed by atoms with Crippen molar-refractivity contribution >= 4 is 25.5 Å². The fourth-order valence-corrected chi connectivity index (χ4v) is 7.12. The van der Waals surface area contributed by atoms with E-state index in [-0.39, 0.29) is 50.1 Å². The molecule has 1 aliphatic rings. The Morgan fingerprint density at radius 3 is 1.95 bits per heavy atom. The zero-order chi connectivity index (χ0) is 45.2. The third-order valence-corrected chi connectivity index (χ3v) is 11.0. The molecule has 6 atom stereocenters. The highest BCUT2D eigenvalue weighted by Gasteiger charge is 2.39. The first kappa shape index (κ1) is 56.1. The van der Waals surface area contributed by atoms with E-state index in [1.165, 1.54) is 19.3 Å². The van der Waals surface area contributed by atoms with Gasteiger partial charge in [0.2, 0.25) is 0 Å². The van der Waals surface area contributed by atoms with Crippen LogP contribution in [0.5, 0.6) is 0 Å². The van der Waals surface area contributed by atoms with Gasteiger partial charge in [-0.3, -0.25) is 18.9 Å². The van der Waals surface area contributed by atoms with Crippen molar-refractivity contribution in [3.05, 3.63) is 72.9 Å². The van der Waals surface area contributed by atoms with Crippen molar-refractivity contribution in [2.45, 2.75) is 154 Å². The van der Waals surface area contributed by atoms with E-state index in [4.69, 9.17) is 18.5 Å². The van der Waals surface area contributed by atoms with E-state index < -0.39 is 44.7 Å². The quantitative estimate of drug-likeness (QED) is 0.0203. The first-order valence-corrected chi connectivity index (χ1v) is 24.2. The maximum absolute atomic E-state index is 12.8. The average Bonchev–Trinajstić information content (AvgIpc) is 3.47. The molecule has 0 spiro atoms. The van der Waals surface area contributed by atoms with Crippen LogP contribution in [-0.4, -0.2) is 98.2 Å². The summed E-state index contributed by atoms with van der Waals surface area (Å²) in [6, 6.07) is 0. The second-order valence-electron chi connectivity index (χ2n) is 16.8. The van der Waals surface area contributed by atoms with E-state index in [1.54, 1.807) is 12.2 Å². The van der Waals surface area contributed by atoms with Gasteiger partial charge in [0.15, 0.2) is 6.10 Å². The molecule has 0 bridgehead atoms. The van der Waals surface area contributed by atoms with Crippen molar-refractivity contribution in [2.75, 3.05) is 47.5 Å². The molecule has 0 aromatic carbocycles. The Labute approximate surface area is 368 Å². The van der Waals surface area contributed by atoms with Gasteiger partial charge in [-0.25, -0.2) is 0 Å². The van der Waals surface area contributed by atoms with Crippen LogP contribution in [0.25, 0.3) is 0 Å². The Morgan fingerprint density at radius 2 is 1.34 bits per heavy atom. The number of phosphoric acid groups is 1. The number of hydrogen-bond acceptors (Lipinski definition) is 11. The van der Waals surface area contributed by atoms with E-state index in [1.807, 2.05) is 39.4 Å². The monoisotopic (exact) mass is 878 g/mol. The number of carbonyl (C=O) groups excluding carboxylic acids is 3. The highest BCUT2D eigenvalue weighted by atomic mass is 31.2. The summed E-state index contributed by atoms with van der Waals surface area (Å²) in [7, 11) is 0.959. The normalized spacial score (nSPS) is 19.7. The molecule has 61 heavy (non-hydrogen) atoms. The lowest BCUT2D eigenvalue weighted by atomic mass is 9.90. The molecule has 1 fully saturated rings. The minimum Gasteiger partial charge on any atom is -0.756 e. The summed E-state index contributed by atoms with van der Waals surface area (Å²) < 4.78 is 33.8. The number of likely N-dealkylation sites (N-methyl/N-ethyl adjacent to an activating group) is 1. The molecule has 12 nitrogen and oxygen atoms in total. The van der Waals surface area contributed by atoms with Crippen molar-refractivity contribution in [2.24, 2.45) is 11.8 Å². The summed E-state index contributed by atoms with van der Waals surface area (Å²) in [5.74, 6) is -1.87. The zero-order valence-electron chi connectivity index (χ0n) is 38.0. The molecular formula is C48H80NO11P. The molecule has 0 aromatic rings. The number of rotatable bonds is 36. The van der Waals surface area contributed by atoms with Gasteiger partial charge in [0.05, 0.1) is 40.0 Å². The fourth-order valence-electron chi connectivity index (χ4n) is 6.39. The minimum atomic E-state index is -4.72. The minimum absolute atomic E-state index is 0.0151. The van der Waals surface area contributed by atoms with Gasteiger partial charge in [0, 0.05) is 31.1 Å². The number of aliphatic hydroxyl groups is 2. The zero-order valence-corrected chi connectivity index (χ0v) is 38.9. The van der Waals surface area contributed by atoms with Crippen molar-refractivity contribution in [1.29, 1.82) is 0 Å². The predicted molar refractivity (Wildman–Crippen MR) is 241 cm³/mol. The lowest BCUT2D eigenvalue weighted by Crippen LogP contribution is -2.37.